The van der Waals surface area contributed by atoms with Crippen molar-refractivity contribution in [3.05, 3.63) is 35.4 Å². The molecule has 0 unspecified atom stereocenters. The number of hydrogen-bond donors (Lipinski definition) is 1. The lowest BCUT2D eigenvalue weighted by atomic mass is 9.78. The Hall–Kier alpha value is -1.55. The molecule has 1 aromatic rings. The number of nitrogens with zero attached hydrogens (tertiary/aromatic N) is 1. The van der Waals surface area contributed by atoms with Gasteiger partial charge in [-0.15, -0.1) is 0 Å². The van der Waals surface area contributed by atoms with Crippen molar-refractivity contribution in [3.8, 4) is 0 Å². The van der Waals surface area contributed by atoms with Gasteiger partial charge in [-0.25, -0.2) is 4.79 Å². The molecule has 1 aliphatic carbocycles. The highest BCUT2D eigenvalue weighted by Gasteiger charge is 2.32. The minimum atomic E-state index is -0.428. The van der Waals surface area contributed by atoms with E-state index in [0.29, 0.717) is 0 Å². The molecule has 0 atom stereocenters. The molecule has 0 bridgehead atoms. The Kier molecular flexibility index (Phi) is 6.38. The Bertz CT molecular complexity index is 669. The van der Waals surface area contributed by atoms with Crippen molar-refractivity contribution in [2.75, 3.05) is 13.1 Å². The van der Waals surface area contributed by atoms with Gasteiger partial charge in [-0.2, -0.15) is 0 Å². The molecule has 3 rings (SSSR count). The molecule has 0 saturated heterocycles. The van der Waals surface area contributed by atoms with Gasteiger partial charge >= 0.3 is 6.09 Å². The fourth-order valence-electron chi connectivity index (χ4n) is 4.85. The average Bonchev–Trinajstić information content (AvgIpc) is 2.59. The molecule has 0 spiro atoms. The highest BCUT2D eigenvalue weighted by molar-refractivity contribution is 5.68. The van der Waals surface area contributed by atoms with Gasteiger partial charge < -0.3 is 10.1 Å². The molecule has 2 aliphatic rings. The average molecular weight is 387 g/mol. The number of alkyl carbamates (subject to hydrolysis) is 1. The van der Waals surface area contributed by atoms with Gasteiger partial charge in [0, 0.05) is 24.5 Å². The molecule has 4 heteroatoms. The van der Waals surface area contributed by atoms with E-state index in [4.69, 9.17) is 4.74 Å². The van der Waals surface area contributed by atoms with Gasteiger partial charge in [0.15, 0.2) is 0 Å². The summed E-state index contributed by atoms with van der Waals surface area (Å²) in [7, 11) is 0. The predicted molar refractivity (Wildman–Crippen MR) is 114 cm³/mol. The van der Waals surface area contributed by atoms with E-state index in [1.54, 1.807) is 0 Å². The number of carbonyl (C=O) groups is 1. The number of nitrogens with one attached hydrogen (secondary N) is 1. The zero-order chi connectivity index (χ0) is 20.4. The van der Waals surface area contributed by atoms with E-state index in [1.807, 2.05) is 20.8 Å². The Morgan fingerprint density at radius 2 is 1.86 bits per heavy atom. The highest BCUT2D eigenvalue weighted by atomic mass is 16.6. The summed E-state index contributed by atoms with van der Waals surface area (Å²) in [6.45, 7) is 13.8. The first-order valence-corrected chi connectivity index (χ1v) is 10.9. The van der Waals surface area contributed by atoms with Crippen LogP contribution in [0.2, 0.25) is 0 Å². The lowest BCUT2D eigenvalue weighted by Gasteiger charge is -2.40. The van der Waals surface area contributed by atoms with Gasteiger partial charge in [-0.1, -0.05) is 38.1 Å². The SMILES string of the molecule is CC(C)(C)OC(=O)N[C@H]1CC[C@H](CCN2Cc3ccccc3C(C)(C)C2)CC1. The van der Waals surface area contributed by atoms with Crippen LogP contribution in [0.25, 0.3) is 0 Å². The highest BCUT2D eigenvalue weighted by Crippen LogP contribution is 2.34. The maximum Gasteiger partial charge on any atom is 0.407 e. The van der Waals surface area contributed by atoms with Crippen LogP contribution < -0.4 is 5.32 Å². The number of rotatable bonds is 4. The van der Waals surface area contributed by atoms with E-state index < -0.39 is 5.60 Å². The van der Waals surface area contributed by atoms with Crippen molar-refractivity contribution >= 4 is 6.09 Å². The molecule has 28 heavy (non-hydrogen) atoms. The third-order valence-electron chi connectivity index (χ3n) is 6.18. The second-order valence-electron chi connectivity index (χ2n) is 10.4. The first-order chi connectivity index (χ1) is 13.1. The Labute approximate surface area is 171 Å². The Morgan fingerprint density at radius 3 is 2.54 bits per heavy atom. The summed E-state index contributed by atoms with van der Waals surface area (Å²) in [5.74, 6) is 0.775. The van der Waals surface area contributed by atoms with Gasteiger partial charge in [0.05, 0.1) is 0 Å². The van der Waals surface area contributed by atoms with Crippen molar-refractivity contribution in [2.45, 2.75) is 90.3 Å². The molecule has 1 fully saturated rings. The van der Waals surface area contributed by atoms with E-state index in [2.05, 4.69) is 48.3 Å². The van der Waals surface area contributed by atoms with E-state index >= 15 is 0 Å². The largest absolute Gasteiger partial charge is 0.444 e. The van der Waals surface area contributed by atoms with Gasteiger partial charge in [-0.05, 0) is 76.5 Å². The van der Waals surface area contributed by atoms with Crippen LogP contribution in [0.4, 0.5) is 4.79 Å². The number of amides is 1. The van der Waals surface area contributed by atoms with Crippen LogP contribution >= 0.6 is 0 Å². The summed E-state index contributed by atoms with van der Waals surface area (Å²) in [6, 6.07) is 9.19. The zero-order valence-corrected chi connectivity index (χ0v) is 18.4. The second kappa shape index (κ2) is 8.44. The van der Waals surface area contributed by atoms with Crippen LogP contribution in [0.3, 0.4) is 0 Å². The van der Waals surface area contributed by atoms with Crippen molar-refractivity contribution in [1.29, 1.82) is 0 Å². The van der Waals surface area contributed by atoms with E-state index in [0.717, 1.165) is 31.8 Å². The Morgan fingerprint density at radius 1 is 1.18 bits per heavy atom. The van der Waals surface area contributed by atoms with E-state index in [9.17, 15) is 4.79 Å². The molecule has 1 amide bonds. The molecule has 0 radical (unpaired) electrons. The third kappa shape index (κ3) is 5.73. The van der Waals surface area contributed by atoms with Crippen LogP contribution in [0.15, 0.2) is 24.3 Å². The summed E-state index contributed by atoms with van der Waals surface area (Å²) in [5, 5.41) is 3.05. The smallest absolute Gasteiger partial charge is 0.407 e. The maximum atomic E-state index is 12.0. The van der Waals surface area contributed by atoms with Crippen molar-refractivity contribution in [1.82, 2.24) is 10.2 Å². The summed E-state index contributed by atoms with van der Waals surface area (Å²) in [6.07, 6.45) is 5.53. The molecular formula is C24H38N2O2. The number of ether oxygens (including phenoxy) is 1. The zero-order valence-electron chi connectivity index (χ0n) is 18.4. The van der Waals surface area contributed by atoms with E-state index in [-0.39, 0.29) is 17.6 Å². The summed E-state index contributed by atoms with van der Waals surface area (Å²) < 4.78 is 5.39. The first kappa shape index (κ1) is 21.2. The summed E-state index contributed by atoms with van der Waals surface area (Å²) >= 11 is 0. The quantitative estimate of drug-likeness (QED) is 0.768. The predicted octanol–water partition coefficient (Wildman–Crippen LogP) is 5.25. The van der Waals surface area contributed by atoms with Crippen LogP contribution in [0.5, 0.6) is 0 Å². The Balaban J connectivity index is 1.42. The molecule has 0 aromatic heterocycles. The minimum Gasteiger partial charge on any atom is -0.444 e. The molecule has 1 N–H and O–H groups in total. The monoisotopic (exact) mass is 386 g/mol. The van der Waals surface area contributed by atoms with Crippen molar-refractivity contribution in [3.63, 3.8) is 0 Å². The molecule has 1 aromatic carbocycles. The minimum absolute atomic E-state index is 0.226. The number of fused-ring (bicyclic) bond motifs is 1. The van der Waals surface area contributed by atoms with Gasteiger partial charge in [0.1, 0.15) is 5.60 Å². The van der Waals surface area contributed by atoms with Crippen LogP contribution in [0.1, 0.15) is 77.8 Å². The van der Waals surface area contributed by atoms with Crippen LogP contribution in [0, 0.1) is 5.92 Å². The summed E-state index contributed by atoms with van der Waals surface area (Å²) in [5.41, 5.74) is 2.80. The number of benzene rings is 1. The van der Waals surface area contributed by atoms with Crippen molar-refractivity contribution < 1.29 is 9.53 Å². The molecule has 156 valence electrons. The fraction of sp³-hybridized carbons (Fsp3) is 0.708. The van der Waals surface area contributed by atoms with Gasteiger partial charge in [0.2, 0.25) is 0 Å². The fourth-order valence-corrected chi connectivity index (χ4v) is 4.85. The van der Waals surface area contributed by atoms with Crippen LogP contribution in [-0.4, -0.2) is 35.7 Å². The number of carbonyl (C=O) groups excluding carboxylic acids is 1. The number of hydrogen-bond acceptors (Lipinski definition) is 3. The lowest BCUT2D eigenvalue weighted by molar-refractivity contribution is 0.0485. The van der Waals surface area contributed by atoms with Crippen LogP contribution in [-0.2, 0) is 16.7 Å². The molecule has 1 saturated carbocycles. The summed E-state index contributed by atoms with van der Waals surface area (Å²) in [4.78, 5) is 14.6. The van der Waals surface area contributed by atoms with Gasteiger partial charge in [-0.3, -0.25) is 4.90 Å². The lowest BCUT2D eigenvalue weighted by Crippen LogP contribution is -2.43. The molecular weight excluding hydrogens is 348 g/mol. The topological polar surface area (TPSA) is 41.6 Å². The maximum absolute atomic E-state index is 12.0. The second-order valence-corrected chi connectivity index (χ2v) is 10.4. The molecule has 4 nitrogen and oxygen atoms in total. The molecule has 1 aliphatic heterocycles. The first-order valence-electron chi connectivity index (χ1n) is 10.9. The molecule has 1 heterocycles. The van der Waals surface area contributed by atoms with Gasteiger partial charge in [0.25, 0.3) is 0 Å². The standard InChI is InChI=1S/C24H38N2O2/c1-23(2,3)28-22(27)25-20-12-10-18(11-13-20)14-15-26-16-19-8-6-7-9-21(19)24(4,5)17-26/h6-9,18,20H,10-17H2,1-5H3,(H,25,27)/t18-,20-. The third-order valence-corrected chi connectivity index (χ3v) is 6.18. The normalized spacial score (nSPS) is 25.0. The van der Waals surface area contributed by atoms with Crippen molar-refractivity contribution in [2.24, 2.45) is 5.92 Å². The van der Waals surface area contributed by atoms with E-state index in [1.165, 1.54) is 36.9 Å².